The van der Waals surface area contributed by atoms with Gasteiger partial charge in [-0.1, -0.05) is 45.7 Å². The van der Waals surface area contributed by atoms with Crippen molar-refractivity contribution in [2.24, 2.45) is 17.8 Å². The molecule has 1 unspecified atom stereocenters. The number of nitrogens with zero attached hydrogens (tertiary/aromatic N) is 5. The third kappa shape index (κ3) is 8.82. The molecule has 2 N–H and O–H groups in total. The predicted molar refractivity (Wildman–Crippen MR) is 159 cm³/mol. The molecule has 43 heavy (non-hydrogen) atoms. The van der Waals surface area contributed by atoms with Gasteiger partial charge in [-0.25, -0.2) is 9.97 Å². The van der Waals surface area contributed by atoms with Crippen molar-refractivity contribution in [3.8, 4) is 11.8 Å². The van der Waals surface area contributed by atoms with E-state index in [-0.39, 0.29) is 29.0 Å². The molecule has 0 bridgehead atoms. The number of alkyl halides is 3. The maximum absolute atomic E-state index is 13.5. The highest BCUT2D eigenvalue weighted by Crippen LogP contribution is 2.36. The molecule has 4 rings (SSSR count). The first-order chi connectivity index (χ1) is 20.3. The Kier molecular flexibility index (Phi) is 10.5. The number of benzene rings is 1. The molecule has 1 aromatic carbocycles. The standard InChI is InChI=1S/C32H43F3N6O2/c1-31(2,3)30-38-27(32(33,34)35)20-28(39-30)41-18-16-40(17-19-41)15-13-22-8-10-23(11-9-22)24(21-36)12-14-37-29(43)25-6-4-5-7-26(25)42/h4-7,20,22-24,42H,8-19H2,1-3H3,(H,37,43). The van der Waals surface area contributed by atoms with Crippen LogP contribution in [-0.2, 0) is 11.6 Å². The number of hydrogen-bond acceptors (Lipinski definition) is 7. The molecule has 1 atom stereocenters. The van der Waals surface area contributed by atoms with Gasteiger partial charge < -0.3 is 15.3 Å². The summed E-state index contributed by atoms with van der Waals surface area (Å²) < 4.78 is 40.6. The lowest BCUT2D eigenvalue weighted by Crippen LogP contribution is -2.47. The maximum atomic E-state index is 13.5. The summed E-state index contributed by atoms with van der Waals surface area (Å²) in [6.45, 7) is 9.58. The van der Waals surface area contributed by atoms with Crippen molar-refractivity contribution in [1.82, 2.24) is 20.2 Å². The number of hydrogen-bond donors (Lipinski definition) is 2. The van der Waals surface area contributed by atoms with Crippen LogP contribution in [0.5, 0.6) is 5.75 Å². The molecule has 0 radical (unpaired) electrons. The van der Waals surface area contributed by atoms with E-state index in [1.54, 1.807) is 18.2 Å². The Morgan fingerprint density at radius 3 is 2.37 bits per heavy atom. The molecular weight excluding hydrogens is 557 g/mol. The number of carbonyl (C=O) groups is 1. The van der Waals surface area contributed by atoms with Gasteiger partial charge in [0.15, 0.2) is 0 Å². The second-order valence-electron chi connectivity index (χ2n) is 12.9. The number of phenolic OH excluding ortho intramolecular Hbond substituents is 1. The first-order valence-corrected chi connectivity index (χ1v) is 15.2. The summed E-state index contributed by atoms with van der Waals surface area (Å²) in [6.07, 6.45) is 1.28. The number of amides is 1. The van der Waals surface area contributed by atoms with Gasteiger partial charge in [-0.2, -0.15) is 18.4 Å². The Morgan fingerprint density at radius 1 is 1.09 bits per heavy atom. The summed E-state index contributed by atoms with van der Waals surface area (Å²) in [5, 5.41) is 22.5. The molecule has 2 fully saturated rings. The van der Waals surface area contributed by atoms with E-state index in [1.165, 1.54) is 6.07 Å². The fourth-order valence-electron chi connectivity index (χ4n) is 6.03. The summed E-state index contributed by atoms with van der Waals surface area (Å²) in [5.74, 6) is 0.951. The normalized spacial score (nSPS) is 20.8. The highest BCUT2D eigenvalue weighted by Gasteiger charge is 2.36. The fourth-order valence-corrected chi connectivity index (χ4v) is 6.03. The average molecular weight is 601 g/mol. The molecule has 1 aliphatic carbocycles. The molecule has 2 aromatic rings. The molecule has 1 saturated heterocycles. The Labute approximate surface area is 252 Å². The molecule has 0 spiro atoms. The molecule has 1 aromatic heterocycles. The van der Waals surface area contributed by atoms with Gasteiger partial charge in [0.05, 0.1) is 17.6 Å². The fraction of sp³-hybridized carbons (Fsp3) is 0.625. The number of nitriles is 1. The number of aromatic nitrogens is 2. The number of nitrogens with one attached hydrogen (secondary N) is 1. The summed E-state index contributed by atoms with van der Waals surface area (Å²) in [4.78, 5) is 25.0. The molecule has 234 valence electrons. The summed E-state index contributed by atoms with van der Waals surface area (Å²) in [5.41, 5.74) is -1.25. The molecule has 2 heterocycles. The van der Waals surface area contributed by atoms with E-state index in [0.29, 0.717) is 43.7 Å². The van der Waals surface area contributed by atoms with Crippen LogP contribution in [-0.4, -0.2) is 65.2 Å². The minimum absolute atomic E-state index is 0.0583. The highest BCUT2D eigenvalue weighted by molar-refractivity contribution is 5.96. The number of rotatable bonds is 9. The molecular formula is C32H43F3N6O2. The third-order valence-electron chi connectivity index (χ3n) is 8.74. The molecule has 11 heteroatoms. The van der Waals surface area contributed by atoms with Gasteiger partial charge in [-0.15, -0.1) is 0 Å². The van der Waals surface area contributed by atoms with Crippen LogP contribution in [0, 0.1) is 29.1 Å². The lowest BCUT2D eigenvalue weighted by atomic mass is 9.74. The zero-order chi connectivity index (χ0) is 31.2. The van der Waals surface area contributed by atoms with Crippen LogP contribution in [0.15, 0.2) is 30.3 Å². The second-order valence-corrected chi connectivity index (χ2v) is 12.9. The van der Waals surface area contributed by atoms with Crippen LogP contribution in [0.3, 0.4) is 0 Å². The lowest BCUT2D eigenvalue weighted by molar-refractivity contribution is -0.141. The zero-order valence-electron chi connectivity index (χ0n) is 25.3. The van der Waals surface area contributed by atoms with Crippen LogP contribution in [0.2, 0.25) is 0 Å². The second kappa shape index (κ2) is 13.9. The Morgan fingerprint density at radius 2 is 1.77 bits per heavy atom. The van der Waals surface area contributed by atoms with E-state index in [0.717, 1.165) is 57.8 Å². The summed E-state index contributed by atoms with van der Waals surface area (Å²) >= 11 is 0. The monoisotopic (exact) mass is 600 g/mol. The van der Waals surface area contributed by atoms with Gasteiger partial charge >= 0.3 is 6.18 Å². The van der Waals surface area contributed by atoms with Gasteiger partial charge in [-0.05, 0) is 56.2 Å². The smallest absolute Gasteiger partial charge is 0.433 e. The number of carbonyl (C=O) groups excluding carboxylic acids is 1. The number of aromatic hydroxyl groups is 1. The number of para-hydroxylation sites is 1. The zero-order valence-corrected chi connectivity index (χ0v) is 25.3. The maximum Gasteiger partial charge on any atom is 0.433 e. The van der Waals surface area contributed by atoms with E-state index in [9.17, 15) is 28.3 Å². The van der Waals surface area contributed by atoms with Gasteiger partial charge in [0, 0.05) is 44.2 Å². The van der Waals surface area contributed by atoms with E-state index in [2.05, 4.69) is 26.3 Å². The third-order valence-corrected chi connectivity index (χ3v) is 8.74. The molecule has 1 saturated carbocycles. The predicted octanol–water partition coefficient (Wildman–Crippen LogP) is 5.78. The lowest BCUT2D eigenvalue weighted by Gasteiger charge is -2.37. The van der Waals surface area contributed by atoms with E-state index in [1.807, 2.05) is 25.7 Å². The van der Waals surface area contributed by atoms with E-state index in [4.69, 9.17) is 0 Å². The van der Waals surface area contributed by atoms with Crippen LogP contribution in [0.1, 0.15) is 81.2 Å². The topological polar surface area (TPSA) is 105 Å². The van der Waals surface area contributed by atoms with Gasteiger partial charge in [-0.3, -0.25) is 9.69 Å². The van der Waals surface area contributed by atoms with Crippen molar-refractivity contribution in [1.29, 1.82) is 5.26 Å². The Hall–Kier alpha value is -3.39. The Bertz CT molecular complexity index is 1240. The van der Waals surface area contributed by atoms with Crippen molar-refractivity contribution >= 4 is 11.7 Å². The molecule has 1 amide bonds. The quantitative estimate of drug-likeness (QED) is 0.376. The SMILES string of the molecule is CC(C)(C)c1nc(N2CCN(CCC3CCC(C(C#N)CCNC(=O)c4ccccc4O)CC3)CC2)cc(C(F)(F)F)n1. The van der Waals surface area contributed by atoms with Gasteiger partial charge in [0.1, 0.15) is 23.1 Å². The van der Waals surface area contributed by atoms with Crippen LogP contribution in [0.4, 0.5) is 19.0 Å². The molecule has 8 nitrogen and oxygen atoms in total. The van der Waals surface area contributed by atoms with Crippen LogP contribution < -0.4 is 10.2 Å². The minimum atomic E-state index is -4.52. The van der Waals surface area contributed by atoms with E-state index >= 15 is 0 Å². The van der Waals surface area contributed by atoms with Crippen molar-refractivity contribution in [2.75, 3.05) is 44.2 Å². The molecule has 1 aliphatic heterocycles. The minimum Gasteiger partial charge on any atom is -0.507 e. The highest BCUT2D eigenvalue weighted by atomic mass is 19.4. The van der Waals surface area contributed by atoms with E-state index < -0.39 is 17.3 Å². The number of anilines is 1. The average Bonchev–Trinajstić information content (AvgIpc) is 2.98. The van der Waals surface area contributed by atoms with Crippen LogP contribution in [0.25, 0.3) is 0 Å². The molecule has 2 aliphatic rings. The number of piperazine rings is 1. The van der Waals surface area contributed by atoms with Crippen molar-refractivity contribution < 1.29 is 23.1 Å². The first-order valence-electron chi connectivity index (χ1n) is 15.2. The largest absolute Gasteiger partial charge is 0.507 e. The summed E-state index contributed by atoms with van der Waals surface area (Å²) in [7, 11) is 0. The Balaban J connectivity index is 1.19. The van der Waals surface area contributed by atoms with Crippen molar-refractivity contribution in [2.45, 2.75) is 70.9 Å². The number of halogens is 3. The van der Waals surface area contributed by atoms with Crippen LogP contribution >= 0.6 is 0 Å². The first kappa shape index (κ1) is 32.5. The van der Waals surface area contributed by atoms with Crippen molar-refractivity contribution in [3.05, 3.63) is 47.4 Å². The van der Waals surface area contributed by atoms with Crippen molar-refractivity contribution in [3.63, 3.8) is 0 Å². The summed E-state index contributed by atoms with van der Waals surface area (Å²) in [6, 6.07) is 9.93. The van der Waals surface area contributed by atoms with Gasteiger partial charge in [0.2, 0.25) is 0 Å². The number of phenols is 1. The van der Waals surface area contributed by atoms with Gasteiger partial charge in [0.25, 0.3) is 5.91 Å².